The zero-order valence-electron chi connectivity index (χ0n) is 15.3. The van der Waals surface area contributed by atoms with E-state index in [0.717, 1.165) is 29.0 Å². The maximum atomic E-state index is 12.2. The van der Waals surface area contributed by atoms with Crippen LogP contribution in [0, 0.1) is 13.8 Å². The molecule has 136 valence electrons. The number of aromatic nitrogens is 2. The highest BCUT2D eigenvalue weighted by molar-refractivity contribution is 5.91. The van der Waals surface area contributed by atoms with Gasteiger partial charge in [-0.05, 0) is 56.2 Å². The molecule has 0 aliphatic carbocycles. The number of furan rings is 1. The molecule has 0 bridgehead atoms. The van der Waals surface area contributed by atoms with Gasteiger partial charge in [-0.3, -0.25) is 9.48 Å². The van der Waals surface area contributed by atoms with Crippen molar-refractivity contribution >= 4 is 5.91 Å². The Morgan fingerprint density at radius 2 is 2.00 bits per heavy atom. The Bertz CT molecular complexity index is 875. The predicted molar refractivity (Wildman–Crippen MR) is 98.0 cm³/mol. The number of aryl methyl sites for hydroxylation is 3. The second kappa shape index (κ2) is 7.91. The molecule has 6 heteroatoms. The minimum Gasteiger partial charge on any atom is -0.486 e. The number of amides is 1. The maximum Gasteiger partial charge on any atom is 0.287 e. The molecule has 0 fully saturated rings. The summed E-state index contributed by atoms with van der Waals surface area (Å²) < 4.78 is 13.2. The van der Waals surface area contributed by atoms with Crippen LogP contribution in [-0.4, -0.2) is 15.7 Å². The summed E-state index contributed by atoms with van der Waals surface area (Å²) in [5.41, 5.74) is 3.24. The Hall–Kier alpha value is -3.02. The van der Waals surface area contributed by atoms with Crippen LogP contribution in [0.5, 0.6) is 5.75 Å². The number of hydrogen-bond donors (Lipinski definition) is 1. The van der Waals surface area contributed by atoms with Crippen molar-refractivity contribution in [3.8, 4) is 5.75 Å². The average molecular weight is 353 g/mol. The molecule has 0 saturated carbocycles. The number of nitrogens with zero attached hydrogens (tertiary/aromatic N) is 2. The first-order valence-corrected chi connectivity index (χ1v) is 8.63. The molecule has 0 atom stereocenters. The summed E-state index contributed by atoms with van der Waals surface area (Å²) in [6.45, 7) is 7.56. The lowest BCUT2D eigenvalue weighted by Crippen LogP contribution is -2.22. The van der Waals surface area contributed by atoms with Gasteiger partial charge in [0.1, 0.15) is 18.1 Å². The number of carbonyl (C=O) groups excluding carboxylic acids is 1. The van der Waals surface area contributed by atoms with E-state index in [1.54, 1.807) is 18.3 Å². The molecule has 0 unspecified atom stereocenters. The van der Waals surface area contributed by atoms with E-state index in [4.69, 9.17) is 9.15 Å². The van der Waals surface area contributed by atoms with Crippen LogP contribution in [0.2, 0.25) is 0 Å². The highest BCUT2D eigenvalue weighted by atomic mass is 16.5. The standard InChI is InChI=1S/C20H23N3O3/c1-4-23-12-16(11-22-23)10-21-20(24)19-6-5-17(26-19)13-25-18-8-14(2)7-15(3)9-18/h5-9,11-12H,4,10,13H2,1-3H3,(H,21,24). The molecule has 2 aromatic heterocycles. The van der Waals surface area contributed by atoms with Gasteiger partial charge in [0, 0.05) is 24.8 Å². The van der Waals surface area contributed by atoms with Gasteiger partial charge in [0.25, 0.3) is 5.91 Å². The van der Waals surface area contributed by atoms with Crippen molar-refractivity contribution in [2.45, 2.75) is 40.5 Å². The molecule has 0 spiro atoms. The number of hydrogen-bond acceptors (Lipinski definition) is 4. The zero-order chi connectivity index (χ0) is 18.5. The second-order valence-corrected chi connectivity index (χ2v) is 6.27. The lowest BCUT2D eigenvalue weighted by molar-refractivity contribution is 0.0919. The first-order chi connectivity index (χ1) is 12.5. The molecule has 0 aliphatic heterocycles. The number of nitrogens with one attached hydrogen (secondary N) is 1. The zero-order valence-corrected chi connectivity index (χ0v) is 15.3. The molecular weight excluding hydrogens is 330 g/mol. The fraction of sp³-hybridized carbons (Fsp3) is 0.300. The van der Waals surface area contributed by atoms with Crippen molar-refractivity contribution in [2.24, 2.45) is 0 Å². The van der Waals surface area contributed by atoms with Gasteiger partial charge in [-0.15, -0.1) is 0 Å². The Balaban J connectivity index is 1.54. The van der Waals surface area contributed by atoms with Crippen LogP contribution in [0.3, 0.4) is 0 Å². The number of ether oxygens (including phenoxy) is 1. The lowest BCUT2D eigenvalue weighted by atomic mass is 10.1. The summed E-state index contributed by atoms with van der Waals surface area (Å²) in [5, 5.41) is 7.01. The molecular formula is C20H23N3O3. The molecule has 1 aromatic carbocycles. The molecule has 6 nitrogen and oxygen atoms in total. The van der Waals surface area contributed by atoms with Gasteiger partial charge in [0.05, 0.1) is 6.20 Å². The van der Waals surface area contributed by atoms with Crippen molar-refractivity contribution in [1.82, 2.24) is 15.1 Å². The second-order valence-electron chi connectivity index (χ2n) is 6.27. The summed E-state index contributed by atoms with van der Waals surface area (Å²) in [6, 6.07) is 9.45. The van der Waals surface area contributed by atoms with Crippen LogP contribution in [-0.2, 0) is 19.7 Å². The van der Waals surface area contributed by atoms with Gasteiger partial charge >= 0.3 is 0 Å². The van der Waals surface area contributed by atoms with Gasteiger partial charge in [-0.25, -0.2) is 0 Å². The van der Waals surface area contributed by atoms with Gasteiger partial charge in [0.2, 0.25) is 0 Å². The van der Waals surface area contributed by atoms with E-state index in [1.165, 1.54) is 0 Å². The lowest BCUT2D eigenvalue weighted by Gasteiger charge is -2.06. The van der Waals surface area contributed by atoms with Crippen molar-refractivity contribution < 1.29 is 13.9 Å². The molecule has 0 aliphatic rings. The Morgan fingerprint density at radius 3 is 2.69 bits per heavy atom. The van der Waals surface area contributed by atoms with E-state index in [1.807, 2.05) is 43.8 Å². The molecule has 3 aromatic rings. The van der Waals surface area contributed by atoms with E-state index in [0.29, 0.717) is 12.3 Å². The van der Waals surface area contributed by atoms with E-state index in [9.17, 15) is 4.79 Å². The summed E-state index contributed by atoms with van der Waals surface area (Å²) >= 11 is 0. The summed E-state index contributed by atoms with van der Waals surface area (Å²) in [6.07, 6.45) is 3.65. The molecule has 2 heterocycles. The molecule has 26 heavy (non-hydrogen) atoms. The summed E-state index contributed by atoms with van der Waals surface area (Å²) in [7, 11) is 0. The van der Waals surface area contributed by atoms with Crippen LogP contribution in [0.15, 0.2) is 47.1 Å². The highest BCUT2D eigenvalue weighted by Gasteiger charge is 2.12. The number of carbonyl (C=O) groups is 1. The first-order valence-electron chi connectivity index (χ1n) is 8.63. The monoisotopic (exact) mass is 353 g/mol. The Kier molecular flexibility index (Phi) is 5.41. The van der Waals surface area contributed by atoms with E-state index >= 15 is 0 Å². The smallest absolute Gasteiger partial charge is 0.287 e. The van der Waals surface area contributed by atoms with Gasteiger partial charge in [-0.1, -0.05) is 6.07 Å². The minimum atomic E-state index is -0.258. The third-order valence-corrected chi connectivity index (χ3v) is 3.93. The van der Waals surface area contributed by atoms with Crippen molar-refractivity contribution in [3.63, 3.8) is 0 Å². The van der Waals surface area contributed by atoms with Gasteiger partial charge < -0.3 is 14.5 Å². The maximum absolute atomic E-state index is 12.2. The third kappa shape index (κ3) is 4.53. The van der Waals surface area contributed by atoms with Crippen LogP contribution in [0.25, 0.3) is 0 Å². The summed E-state index contributed by atoms with van der Waals surface area (Å²) in [5.74, 6) is 1.41. The summed E-state index contributed by atoms with van der Waals surface area (Å²) in [4.78, 5) is 12.2. The van der Waals surface area contributed by atoms with Crippen molar-refractivity contribution in [1.29, 1.82) is 0 Å². The van der Waals surface area contributed by atoms with E-state index < -0.39 is 0 Å². The fourth-order valence-corrected chi connectivity index (χ4v) is 2.69. The number of rotatable bonds is 7. The van der Waals surface area contributed by atoms with Gasteiger partial charge in [-0.2, -0.15) is 5.10 Å². The Labute approximate surface area is 152 Å². The Morgan fingerprint density at radius 1 is 1.23 bits per heavy atom. The molecule has 0 radical (unpaired) electrons. The number of benzene rings is 1. The predicted octanol–water partition coefficient (Wildman–Crippen LogP) is 3.62. The SMILES string of the molecule is CCn1cc(CNC(=O)c2ccc(COc3cc(C)cc(C)c3)o2)cn1. The van der Waals surface area contributed by atoms with E-state index in [2.05, 4.69) is 16.5 Å². The normalized spacial score (nSPS) is 10.7. The molecule has 0 saturated heterocycles. The van der Waals surface area contributed by atoms with Crippen LogP contribution in [0.1, 0.15) is 39.9 Å². The molecule has 3 rings (SSSR count). The van der Waals surface area contributed by atoms with Crippen LogP contribution in [0.4, 0.5) is 0 Å². The molecule has 1 amide bonds. The topological polar surface area (TPSA) is 69.3 Å². The van der Waals surface area contributed by atoms with E-state index in [-0.39, 0.29) is 18.3 Å². The van der Waals surface area contributed by atoms with Crippen LogP contribution >= 0.6 is 0 Å². The first kappa shape index (κ1) is 17.8. The highest BCUT2D eigenvalue weighted by Crippen LogP contribution is 2.18. The third-order valence-electron chi connectivity index (χ3n) is 3.93. The quantitative estimate of drug-likeness (QED) is 0.704. The molecule has 1 N–H and O–H groups in total. The largest absolute Gasteiger partial charge is 0.486 e. The minimum absolute atomic E-state index is 0.258. The van der Waals surface area contributed by atoms with Crippen LogP contribution < -0.4 is 10.1 Å². The average Bonchev–Trinajstić information content (AvgIpc) is 3.26. The fourth-order valence-electron chi connectivity index (χ4n) is 2.69. The van der Waals surface area contributed by atoms with Crippen molar-refractivity contribution in [3.05, 3.63) is 70.9 Å². The van der Waals surface area contributed by atoms with Gasteiger partial charge in [0.15, 0.2) is 5.76 Å². The van der Waals surface area contributed by atoms with Crippen molar-refractivity contribution in [2.75, 3.05) is 0 Å².